The van der Waals surface area contributed by atoms with Crippen LogP contribution in [0.25, 0.3) is 0 Å². The number of rotatable bonds is 13. The summed E-state index contributed by atoms with van der Waals surface area (Å²) < 4.78 is 84.0. The van der Waals surface area contributed by atoms with Gasteiger partial charge in [0.2, 0.25) is 11.8 Å². The number of anilines is 1. The molecule has 0 saturated carbocycles. The molecule has 0 spiro atoms. The number of hydrogen-bond acceptors (Lipinski definition) is 4. The number of nitrogens with one attached hydrogen (secondary N) is 1. The Labute approximate surface area is 275 Å². The van der Waals surface area contributed by atoms with E-state index in [1.165, 1.54) is 53.4 Å². The second-order valence-corrected chi connectivity index (χ2v) is 12.9. The minimum atomic E-state index is -4.92. The van der Waals surface area contributed by atoms with Crippen molar-refractivity contribution in [3.05, 3.63) is 131 Å². The van der Waals surface area contributed by atoms with Crippen LogP contribution in [0.1, 0.15) is 30.0 Å². The fraction of sp³-hybridized carbons (Fsp3) is 0.235. The van der Waals surface area contributed by atoms with Crippen molar-refractivity contribution >= 4 is 39.1 Å². The highest BCUT2D eigenvalue weighted by molar-refractivity contribution is 7.92. The molecule has 0 fully saturated rings. The van der Waals surface area contributed by atoms with E-state index in [2.05, 4.69) is 5.32 Å². The zero-order valence-electron chi connectivity index (χ0n) is 25.3. The highest BCUT2D eigenvalue weighted by Crippen LogP contribution is 2.38. The van der Waals surface area contributed by atoms with Crippen LogP contribution >= 0.6 is 11.6 Å². The summed E-state index contributed by atoms with van der Waals surface area (Å²) in [5, 5.41) is 2.14. The van der Waals surface area contributed by atoms with Gasteiger partial charge in [-0.2, -0.15) is 13.2 Å². The maximum absolute atomic E-state index is 14.4. The molecule has 4 aromatic rings. The quantitative estimate of drug-likeness (QED) is 0.156. The Morgan fingerprint density at radius 2 is 1.49 bits per heavy atom. The van der Waals surface area contributed by atoms with Crippen LogP contribution in [-0.2, 0) is 38.8 Å². The van der Waals surface area contributed by atoms with E-state index >= 15 is 0 Å². The van der Waals surface area contributed by atoms with Gasteiger partial charge in [0.15, 0.2) is 0 Å². The lowest BCUT2D eigenvalue weighted by Crippen LogP contribution is -2.53. The molecule has 7 nitrogen and oxygen atoms in total. The highest BCUT2D eigenvalue weighted by Gasteiger charge is 2.37. The van der Waals surface area contributed by atoms with Crippen LogP contribution in [0.4, 0.5) is 23.2 Å². The minimum absolute atomic E-state index is 0.0356. The third-order valence-corrected chi connectivity index (χ3v) is 9.36. The number of nitrogens with zero attached hydrogens (tertiary/aromatic N) is 2. The number of carbonyl (C=O) groups excluding carboxylic acids is 2. The predicted molar refractivity (Wildman–Crippen MR) is 172 cm³/mol. The number of alkyl halides is 3. The molecule has 4 aromatic carbocycles. The SMILES string of the molecule is CCCNC(=O)[C@@H](Cc1ccccc1)N(Cc1ccc(F)cc1)C(=O)CN(c1ccc(Cl)c(C(F)(F)F)c1)S(=O)(=O)c1ccccc1. The summed E-state index contributed by atoms with van der Waals surface area (Å²) in [6.45, 7) is 0.942. The van der Waals surface area contributed by atoms with Gasteiger partial charge in [-0.1, -0.05) is 79.2 Å². The zero-order valence-corrected chi connectivity index (χ0v) is 26.8. The summed E-state index contributed by atoms with van der Waals surface area (Å²) in [5.74, 6) is -1.93. The summed E-state index contributed by atoms with van der Waals surface area (Å²) in [7, 11) is -4.63. The second-order valence-electron chi connectivity index (χ2n) is 10.6. The van der Waals surface area contributed by atoms with Crippen molar-refractivity contribution in [3.8, 4) is 0 Å². The Morgan fingerprint density at radius 3 is 2.09 bits per heavy atom. The molecule has 0 aliphatic carbocycles. The molecule has 0 unspecified atom stereocenters. The van der Waals surface area contributed by atoms with Gasteiger partial charge in [-0.05, 0) is 60.0 Å². The average molecular weight is 690 g/mol. The molecule has 0 bridgehead atoms. The first-order valence-corrected chi connectivity index (χ1v) is 16.4. The molecule has 0 radical (unpaired) electrons. The normalized spacial score (nSPS) is 12.3. The van der Waals surface area contributed by atoms with E-state index < -0.39 is 62.7 Å². The molecule has 2 amide bonds. The largest absolute Gasteiger partial charge is 0.417 e. The molecule has 0 saturated heterocycles. The van der Waals surface area contributed by atoms with Gasteiger partial charge in [0.05, 0.1) is 21.2 Å². The van der Waals surface area contributed by atoms with Crippen LogP contribution in [0.5, 0.6) is 0 Å². The van der Waals surface area contributed by atoms with Crippen molar-refractivity contribution in [2.75, 3.05) is 17.4 Å². The van der Waals surface area contributed by atoms with Crippen molar-refractivity contribution in [1.29, 1.82) is 0 Å². The molecule has 0 aromatic heterocycles. The molecular formula is C34H32ClF4N3O4S. The van der Waals surface area contributed by atoms with Gasteiger partial charge >= 0.3 is 6.18 Å². The predicted octanol–water partition coefficient (Wildman–Crippen LogP) is 6.86. The molecule has 4 rings (SSSR count). The van der Waals surface area contributed by atoms with E-state index in [0.29, 0.717) is 34.5 Å². The van der Waals surface area contributed by atoms with Gasteiger partial charge in [-0.3, -0.25) is 13.9 Å². The van der Waals surface area contributed by atoms with E-state index in [1.807, 2.05) is 6.92 Å². The maximum Gasteiger partial charge on any atom is 0.417 e. The van der Waals surface area contributed by atoms with Crippen LogP contribution < -0.4 is 9.62 Å². The third kappa shape index (κ3) is 9.11. The van der Waals surface area contributed by atoms with E-state index in [-0.39, 0.29) is 17.9 Å². The molecule has 1 N–H and O–H groups in total. The number of halogens is 5. The Kier molecular flexibility index (Phi) is 11.6. The van der Waals surface area contributed by atoms with Gasteiger partial charge < -0.3 is 10.2 Å². The van der Waals surface area contributed by atoms with Crippen molar-refractivity contribution in [2.45, 2.75) is 43.4 Å². The first-order chi connectivity index (χ1) is 22.3. The fourth-order valence-electron chi connectivity index (χ4n) is 4.84. The topological polar surface area (TPSA) is 86.8 Å². The summed E-state index contributed by atoms with van der Waals surface area (Å²) >= 11 is 5.84. The molecule has 0 heterocycles. The number of hydrogen-bond donors (Lipinski definition) is 1. The van der Waals surface area contributed by atoms with E-state index in [0.717, 1.165) is 12.1 Å². The van der Waals surface area contributed by atoms with Gasteiger partial charge in [0.1, 0.15) is 18.4 Å². The van der Waals surface area contributed by atoms with Crippen molar-refractivity contribution in [2.24, 2.45) is 0 Å². The summed E-state index contributed by atoms with van der Waals surface area (Å²) in [5.41, 5.74) is -0.621. The van der Waals surface area contributed by atoms with Crippen molar-refractivity contribution in [1.82, 2.24) is 10.2 Å². The third-order valence-electron chi connectivity index (χ3n) is 7.24. The molecule has 248 valence electrons. The highest BCUT2D eigenvalue weighted by atomic mass is 35.5. The first-order valence-electron chi connectivity index (χ1n) is 14.6. The van der Waals surface area contributed by atoms with E-state index in [1.54, 1.807) is 36.4 Å². The second kappa shape index (κ2) is 15.4. The Hall–Kier alpha value is -4.42. The smallest absolute Gasteiger partial charge is 0.354 e. The van der Waals surface area contributed by atoms with Crippen LogP contribution in [0.2, 0.25) is 5.02 Å². The van der Waals surface area contributed by atoms with Crippen LogP contribution in [0, 0.1) is 5.82 Å². The summed E-state index contributed by atoms with van der Waals surface area (Å²) in [4.78, 5) is 28.9. The van der Waals surface area contributed by atoms with Gasteiger partial charge in [0, 0.05) is 19.5 Å². The Bertz CT molecular complexity index is 1780. The molecular weight excluding hydrogens is 658 g/mol. The maximum atomic E-state index is 14.4. The lowest BCUT2D eigenvalue weighted by molar-refractivity contribution is -0.140. The molecule has 1 atom stereocenters. The molecule has 0 aliphatic rings. The fourth-order valence-corrected chi connectivity index (χ4v) is 6.49. The molecule has 47 heavy (non-hydrogen) atoms. The number of sulfonamides is 1. The van der Waals surface area contributed by atoms with Crippen LogP contribution in [0.3, 0.4) is 0 Å². The van der Waals surface area contributed by atoms with Gasteiger partial charge in [-0.25, -0.2) is 12.8 Å². The number of carbonyl (C=O) groups is 2. The summed E-state index contributed by atoms with van der Waals surface area (Å²) in [6.07, 6.45) is -4.29. The zero-order chi connectivity index (χ0) is 34.2. The molecule has 13 heteroatoms. The van der Waals surface area contributed by atoms with Crippen molar-refractivity contribution in [3.63, 3.8) is 0 Å². The van der Waals surface area contributed by atoms with Crippen LogP contribution in [0.15, 0.2) is 108 Å². The van der Waals surface area contributed by atoms with Crippen LogP contribution in [-0.4, -0.2) is 44.3 Å². The minimum Gasteiger partial charge on any atom is -0.354 e. The summed E-state index contributed by atoms with van der Waals surface area (Å²) in [6, 6.07) is 22.3. The average Bonchev–Trinajstić information content (AvgIpc) is 3.05. The lowest BCUT2D eigenvalue weighted by Gasteiger charge is -2.34. The van der Waals surface area contributed by atoms with E-state index in [4.69, 9.17) is 11.6 Å². The van der Waals surface area contributed by atoms with Crippen molar-refractivity contribution < 1.29 is 35.6 Å². The standard InChI is InChI=1S/C34H32ClF4N3O4S/c1-2-19-40-33(44)31(20-24-9-5-3-6-10-24)41(22-25-13-15-26(36)16-14-25)32(43)23-42(47(45,46)28-11-7-4-8-12-28)27-17-18-30(35)29(21-27)34(37,38)39/h3-18,21,31H,2,19-20,22-23H2,1H3,(H,40,44)/t31-/m1/s1. The van der Waals surface area contributed by atoms with Gasteiger partial charge in [0.25, 0.3) is 10.0 Å². The Balaban J connectivity index is 1.84. The first kappa shape index (κ1) is 35.4. The van der Waals surface area contributed by atoms with Gasteiger partial charge in [-0.15, -0.1) is 0 Å². The number of benzene rings is 4. The van der Waals surface area contributed by atoms with E-state index in [9.17, 15) is 35.6 Å². The number of amides is 2. The Morgan fingerprint density at radius 1 is 0.872 bits per heavy atom. The monoisotopic (exact) mass is 689 g/mol. The molecule has 0 aliphatic heterocycles. The lowest BCUT2D eigenvalue weighted by atomic mass is 10.0.